The number of nitrogens with two attached hydrogens (primary N) is 1. The fraction of sp³-hybridized carbons (Fsp3) is 0.625. The first-order valence-electron chi connectivity index (χ1n) is 8.09. The van der Waals surface area contributed by atoms with E-state index in [1.54, 1.807) is 6.26 Å². The lowest BCUT2D eigenvalue weighted by molar-refractivity contribution is -0.148. The number of carbonyl (C=O) groups excluding carboxylic acids is 1. The fourth-order valence-electron chi connectivity index (χ4n) is 2.71. The molecule has 0 aromatic rings. The molecule has 2 aliphatic rings. The van der Waals surface area contributed by atoms with Gasteiger partial charge in [-0.05, 0) is 18.9 Å². The lowest BCUT2D eigenvalue weighted by Gasteiger charge is -2.20. The van der Waals surface area contributed by atoms with Gasteiger partial charge in [-0.2, -0.15) is 0 Å². The average Bonchev–Trinajstić information content (AvgIpc) is 3.20. The van der Waals surface area contributed by atoms with Crippen molar-refractivity contribution in [3.8, 4) is 0 Å². The molecule has 0 spiro atoms. The molecular weight excluding hydrogens is 348 g/mol. The minimum absolute atomic E-state index is 0.159. The second-order valence-electron chi connectivity index (χ2n) is 5.75. The number of likely N-dealkylation sites (tertiary alicyclic amines) is 1. The minimum atomic E-state index is -0.998. The Morgan fingerprint density at radius 2 is 2.21 bits per heavy atom. The number of rotatable bonds is 8. The first kappa shape index (κ1) is 19.2. The largest absolute Gasteiger partial charge is 0.496 e. The number of amides is 1. The van der Waals surface area contributed by atoms with E-state index in [2.05, 4.69) is 6.08 Å². The van der Waals surface area contributed by atoms with Crippen LogP contribution in [0.5, 0.6) is 0 Å². The van der Waals surface area contributed by atoms with Crippen LogP contribution in [0.25, 0.3) is 0 Å². The van der Waals surface area contributed by atoms with Gasteiger partial charge < -0.3 is 20.5 Å². The van der Waals surface area contributed by atoms with Gasteiger partial charge in [0.1, 0.15) is 12.1 Å². The molecule has 2 aliphatic heterocycles. The second kappa shape index (κ2) is 10.0. The monoisotopic (exact) mass is 372 g/mol. The molecular formula is C16H24N2O4S2. The summed E-state index contributed by atoms with van der Waals surface area (Å²) < 4.78 is 5.58. The molecule has 0 radical (unpaired) electrons. The molecule has 2 fully saturated rings. The summed E-state index contributed by atoms with van der Waals surface area (Å²) in [5.41, 5.74) is 5.38. The van der Waals surface area contributed by atoms with Crippen molar-refractivity contribution >= 4 is 33.5 Å². The van der Waals surface area contributed by atoms with Gasteiger partial charge in [-0.25, -0.2) is 4.79 Å². The van der Waals surface area contributed by atoms with Gasteiger partial charge in [0, 0.05) is 30.4 Å². The molecule has 3 unspecified atom stereocenters. The van der Waals surface area contributed by atoms with Crippen molar-refractivity contribution in [1.82, 2.24) is 4.90 Å². The Morgan fingerprint density at radius 3 is 2.88 bits per heavy atom. The molecule has 0 bridgehead atoms. The molecule has 0 aliphatic carbocycles. The number of ether oxygens (including phenoxy) is 1. The van der Waals surface area contributed by atoms with Crippen LogP contribution in [-0.2, 0) is 14.3 Å². The predicted molar refractivity (Wildman–Crippen MR) is 97.6 cm³/mol. The second-order valence-corrected chi connectivity index (χ2v) is 8.54. The van der Waals surface area contributed by atoms with Gasteiger partial charge in [-0.3, -0.25) is 4.79 Å². The smallest absolute Gasteiger partial charge is 0.326 e. The zero-order valence-corrected chi connectivity index (χ0v) is 15.1. The lowest BCUT2D eigenvalue weighted by Crippen LogP contribution is -2.41. The number of carboxylic acid groups (broad SMARTS) is 1. The van der Waals surface area contributed by atoms with Crippen molar-refractivity contribution in [2.45, 2.75) is 43.1 Å². The Labute approximate surface area is 150 Å². The molecule has 3 atom stereocenters. The summed E-state index contributed by atoms with van der Waals surface area (Å²) in [5, 5.41) is 9.95. The highest BCUT2D eigenvalue weighted by Crippen LogP contribution is 2.39. The molecule has 6 nitrogen and oxygen atoms in total. The van der Waals surface area contributed by atoms with E-state index < -0.39 is 12.0 Å². The molecule has 0 aromatic carbocycles. The van der Waals surface area contributed by atoms with Gasteiger partial charge in [-0.15, -0.1) is 0 Å². The van der Waals surface area contributed by atoms with E-state index in [1.807, 2.05) is 33.7 Å². The SMILES string of the molecule is NCCC(=O)N1CC(O/C=C/C=C/CC2CCSS2)CC1C(=O)O. The van der Waals surface area contributed by atoms with Crippen molar-refractivity contribution in [3.05, 3.63) is 24.5 Å². The molecule has 8 heteroatoms. The van der Waals surface area contributed by atoms with E-state index in [1.165, 1.54) is 17.1 Å². The van der Waals surface area contributed by atoms with E-state index >= 15 is 0 Å². The number of carboxylic acids is 1. The number of hydrogen-bond donors (Lipinski definition) is 2. The van der Waals surface area contributed by atoms with E-state index in [4.69, 9.17) is 10.5 Å². The fourth-order valence-corrected chi connectivity index (χ4v) is 5.61. The summed E-state index contributed by atoms with van der Waals surface area (Å²) in [6.07, 6.45) is 9.93. The van der Waals surface area contributed by atoms with Crippen LogP contribution in [0, 0.1) is 0 Å². The highest BCUT2D eigenvalue weighted by atomic mass is 33.1. The van der Waals surface area contributed by atoms with Gasteiger partial charge in [0.05, 0.1) is 12.8 Å². The van der Waals surface area contributed by atoms with Crippen LogP contribution in [0.15, 0.2) is 24.5 Å². The molecule has 3 N–H and O–H groups in total. The minimum Gasteiger partial charge on any atom is -0.496 e. The van der Waals surface area contributed by atoms with Crippen LogP contribution in [0.3, 0.4) is 0 Å². The number of aliphatic carboxylic acids is 1. The molecule has 134 valence electrons. The number of hydrogen-bond acceptors (Lipinski definition) is 6. The third kappa shape index (κ3) is 5.75. The van der Waals surface area contributed by atoms with E-state index in [-0.39, 0.29) is 25.0 Å². The Hall–Kier alpha value is -1.12. The van der Waals surface area contributed by atoms with Crippen molar-refractivity contribution in [1.29, 1.82) is 0 Å². The topological polar surface area (TPSA) is 92.9 Å². The van der Waals surface area contributed by atoms with Crippen molar-refractivity contribution < 1.29 is 19.4 Å². The van der Waals surface area contributed by atoms with Crippen LogP contribution in [0.1, 0.15) is 25.7 Å². The molecule has 24 heavy (non-hydrogen) atoms. The van der Waals surface area contributed by atoms with Crippen LogP contribution in [0.4, 0.5) is 0 Å². The summed E-state index contributed by atoms with van der Waals surface area (Å²) in [6, 6.07) is -0.824. The first-order chi connectivity index (χ1) is 11.6. The van der Waals surface area contributed by atoms with Crippen LogP contribution in [-0.4, -0.2) is 58.1 Å². The number of carbonyl (C=O) groups is 2. The molecule has 2 heterocycles. The van der Waals surface area contributed by atoms with Gasteiger partial charge in [0.15, 0.2) is 0 Å². The number of allylic oxidation sites excluding steroid dienone is 3. The Kier molecular flexibility index (Phi) is 8.01. The maximum absolute atomic E-state index is 11.9. The van der Waals surface area contributed by atoms with Gasteiger partial charge in [-0.1, -0.05) is 33.7 Å². The van der Waals surface area contributed by atoms with Gasteiger partial charge in [0.25, 0.3) is 0 Å². The Morgan fingerprint density at radius 1 is 1.38 bits per heavy atom. The van der Waals surface area contributed by atoms with Crippen LogP contribution >= 0.6 is 21.6 Å². The average molecular weight is 373 g/mol. The molecule has 2 rings (SSSR count). The van der Waals surface area contributed by atoms with Crippen LogP contribution in [0.2, 0.25) is 0 Å². The summed E-state index contributed by atoms with van der Waals surface area (Å²) in [6.45, 7) is 0.509. The number of nitrogens with zero attached hydrogens (tertiary/aromatic N) is 1. The summed E-state index contributed by atoms with van der Waals surface area (Å²) in [7, 11) is 3.87. The lowest BCUT2D eigenvalue weighted by atomic mass is 10.2. The van der Waals surface area contributed by atoms with Gasteiger partial charge >= 0.3 is 5.97 Å². The predicted octanol–water partition coefficient (Wildman–Crippen LogP) is 2.02. The highest BCUT2D eigenvalue weighted by Gasteiger charge is 2.39. The highest BCUT2D eigenvalue weighted by molar-refractivity contribution is 8.77. The Bertz CT molecular complexity index is 492. The molecule has 1 amide bonds. The first-order valence-corrected chi connectivity index (χ1v) is 10.5. The quantitative estimate of drug-likeness (QED) is 0.382. The summed E-state index contributed by atoms with van der Waals surface area (Å²) >= 11 is 0. The van der Waals surface area contributed by atoms with Crippen LogP contribution < -0.4 is 5.73 Å². The summed E-state index contributed by atoms with van der Waals surface area (Å²) in [5.74, 6) is 0.00239. The van der Waals surface area contributed by atoms with Gasteiger partial charge in [0.2, 0.25) is 5.91 Å². The zero-order chi connectivity index (χ0) is 17.4. The summed E-state index contributed by atoms with van der Waals surface area (Å²) in [4.78, 5) is 24.6. The molecule has 0 aromatic heterocycles. The van der Waals surface area contributed by atoms with Crippen molar-refractivity contribution in [3.63, 3.8) is 0 Å². The third-order valence-electron chi connectivity index (χ3n) is 3.95. The van der Waals surface area contributed by atoms with E-state index in [0.717, 1.165) is 6.42 Å². The zero-order valence-electron chi connectivity index (χ0n) is 13.5. The third-order valence-corrected chi connectivity index (χ3v) is 6.91. The Balaban J connectivity index is 1.75. The van der Waals surface area contributed by atoms with Crippen molar-refractivity contribution in [2.75, 3.05) is 18.8 Å². The van der Waals surface area contributed by atoms with E-state index in [9.17, 15) is 14.7 Å². The standard InChI is InChI=1S/C16H24N2O4S2/c17-7-5-15(19)18-11-12(10-14(18)16(20)21)22-8-3-1-2-4-13-6-9-23-24-13/h1-3,8,12-14H,4-7,9-11,17H2,(H,20,21)/b2-1+,8-3+. The maximum Gasteiger partial charge on any atom is 0.326 e. The normalized spacial score (nSPS) is 27.4. The molecule has 2 saturated heterocycles. The van der Waals surface area contributed by atoms with Crippen molar-refractivity contribution in [2.24, 2.45) is 5.73 Å². The maximum atomic E-state index is 11.9. The molecule has 0 saturated carbocycles. The van der Waals surface area contributed by atoms with E-state index in [0.29, 0.717) is 18.2 Å².